The van der Waals surface area contributed by atoms with Crippen LogP contribution in [0.25, 0.3) is 0 Å². The number of esters is 3. The van der Waals surface area contributed by atoms with Crippen molar-refractivity contribution in [3.63, 3.8) is 0 Å². The third-order valence-corrected chi connectivity index (χ3v) is 12.3. The summed E-state index contributed by atoms with van der Waals surface area (Å²) in [5.74, 6) is -0.907. The van der Waals surface area contributed by atoms with Crippen molar-refractivity contribution in [2.75, 3.05) is 13.2 Å². The molecule has 71 heavy (non-hydrogen) atoms. The van der Waals surface area contributed by atoms with E-state index < -0.39 is 6.10 Å². The molecule has 0 aliphatic heterocycles. The number of carbonyl (C=O) groups excluding carboxylic acids is 3. The summed E-state index contributed by atoms with van der Waals surface area (Å²) in [5.41, 5.74) is 0. The number of hydrogen-bond acceptors (Lipinski definition) is 6. The van der Waals surface area contributed by atoms with E-state index in [-0.39, 0.29) is 31.1 Å². The van der Waals surface area contributed by atoms with Crippen LogP contribution in [-0.2, 0) is 28.6 Å². The molecule has 0 amide bonds. The van der Waals surface area contributed by atoms with Gasteiger partial charge in [-0.2, -0.15) is 0 Å². The van der Waals surface area contributed by atoms with Crippen LogP contribution >= 0.6 is 0 Å². The van der Waals surface area contributed by atoms with Gasteiger partial charge in [-0.15, -0.1) is 0 Å². The lowest BCUT2D eigenvalue weighted by molar-refractivity contribution is -0.167. The number of allylic oxidation sites excluding steroid dienone is 18. The Hall–Kier alpha value is -3.93. The molecular weight excluding hydrogens is 877 g/mol. The normalized spacial score (nSPS) is 12.9. The lowest BCUT2D eigenvalue weighted by Gasteiger charge is -2.18. The number of rotatable bonds is 52. The van der Waals surface area contributed by atoms with Crippen molar-refractivity contribution in [3.05, 3.63) is 109 Å². The molecule has 0 saturated carbocycles. The maximum absolute atomic E-state index is 12.9. The van der Waals surface area contributed by atoms with Gasteiger partial charge in [-0.3, -0.25) is 14.4 Å². The molecule has 0 aliphatic carbocycles. The van der Waals surface area contributed by atoms with Crippen LogP contribution in [-0.4, -0.2) is 37.2 Å². The van der Waals surface area contributed by atoms with Gasteiger partial charge in [-0.05, 0) is 103 Å². The van der Waals surface area contributed by atoms with Gasteiger partial charge in [0.1, 0.15) is 13.2 Å². The Balaban J connectivity index is 4.41. The maximum atomic E-state index is 12.9. The summed E-state index contributed by atoms with van der Waals surface area (Å²) < 4.78 is 16.9. The largest absolute Gasteiger partial charge is 0.462 e. The Morgan fingerprint density at radius 1 is 0.296 bits per heavy atom. The molecule has 0 aromatic carbocycles. The zero-order valence-electron chi connectivity index (χ0n) is 46.2. The maximum Gasteiger partial charge on any atom is 0.306 e. The van der Waals surface area contributed by atoms with Gasteiger partial charge in [-0.25, -0.2) is 0 Å². The minimum atomic E-state index is -0.791. The monoisotopic (exact) mass is 985 g/mol. The molecule has 1 unspecified atom stereocenters. The first kappa shape index (κ1) is 67.1. The fraction of sp³-hybridized carbons (Fsp3) is 0.677. The van der Waals surface area contributed by atoms with E-state index in [2.05, 4.69) is 130 Å². The lowest BCUT2D eigenvalue weighted by atomic mass is 10.1. The predicted molar refractivity (Wildman–Crippen MR) is 307 cm³/mol. The Morgan fingerprint density at radius 2 is 0.577 bits per heavy atom. The summed E-state index contributed by atoms with van der Waals surface area (Å²) in [7, 11) is 0. The third-order valence-electron chi connectivity index (χ3n) is 12.3. The molecule has 1 atom stereocenters. The molecule has 0 heterocycles. The van der Waals surface area contributed by atoms with Gasteiger partial charge in [0, 0.05) is 19.3 Å². The van der Waals surface area contributed by atoms with Crippen molar-refractivity contribution < 1.29 is 28.6 Å². The molecule has 0 fully saturated rings. The van der Waals surface area contributed by atoms with E-state index in [1.807, 2.05) is 0 Å². The van der Waals surface area contributed by atoms with Crippen molar-refractivity contribution in [1.29, 1.82) is 0 Å². The average molecular weight is 986 g/mol. The molecule has 404 valence electrons. The van der Waals surface area contributed by atoms with Crippen LogP contribution in [0.2, 0.25) is 0 Å². The van der Waals surface area contributed by atoms with Gasteiger partial charge in [0.25, 0.3) is 0 Å². The minimum Gasteiger partial charge on any atom is -0.462 e. The van der Waals surface area contributed by atoms with Crippen LogP contribution in [0.5, 0.6) is 0 Å². The Morgan fingerprint density at radius 3 is 0.944 bits per heavy atom. The van der Waals surface area contributed by atoms with E-state index in [9.17, 15) is 14.4 Å². The van der Waals surface area contributed by atoms with E-state index >= 15 is 0 Å². The molecule has 0 aromatic rings. The molecule has 0 spiro atoms. The molecule has 0 rings (SSSR count). The summed E-state index contributed by atoms with van der Waals surface area (Å²) >= 11 is 0. The number of hydrogen-bond donors (Lipinski definition) is 0. The zero-order valence-corrected chi connectivity index (χ0v) is 46.2. The van der Waals surface area contributed by atoms with Crippen molar-refractivity contribution in [2.24, 2.45) is 0 Å². The summed E-state index contributed by atoms with van der Waals surface area (Å²) in [5, 5.41) is 0. The van der Waals surface area contributed by atoms with Crippen molar-refractivity contribution >= 4 is 17.9 Å². The van der Waals surface area contributed by atoms with E-state index in [0.29, 0.717) is 19.3 Å². The van der Waals surface area contributed by atoms with Crippen LogP contribution < -0.4 is 0 Å². The molecule has 0 N–H and O–H groups in total. The summed E-state index contributed by atoms with van der Waals surface area (Å²) in [4.78, 5) is 38.2. The van der Waals surface area contributed by atoms with Gasteiger partial charge in [0.05, 0.1) is 0 Å². The van der Waals surface area contributed by atoms with Gasteiger partial charge in [0.2, 0.25) is 0 Å². The highest BCUT2D eigenvalue weighted by Crippen LogP contribution is 2.15. The fourth-order valence-electron chi connectivity index (χ4n) is 8.00. The van der Waals surface area contributed by atoms with E-state index in [1.54, 1.807) is 0 Å². The molecule has 0 radical (unpaired) electrons. The standard InChI is InChI=1S/C65H108O6/c1-4-7-10-13-16-19-22-25-28-30-32-34-37-40-43-46-49-52-55-58-64(67)70-61-62(60-69-63(66)57-54-51-48-45-42-39-36-27-24-21-18-15-12-9-6-3)71-65(68)59-56-53-50-47-44-41-38-35-33-31-29-26-23-20-17-14-11-8-5-2/h7-12,15-21,24-26,28-29,62H,4-6,13-14,22-23,27,30-61H2,1-3H3/b10-7-,11-8-,12-9-,18-15-,19-16-,20-17-,24-21-,28-25-,29-26-. The molecular formula is C65H108O6. The van der Waals surface area contributed by atoms with Crippen LogP contribution in [0.1, 0.15) is 265 Å². The summed E-state index contributed by atoms with van der Waals surface area (Å²) in [6, 6.07) is 0. The highest BCUT2D eigenvalue weighted by molar-refractivity contribution is 5.71. The zero-order chi connectivity index (χ0) is 51.4. The lowest BCUT2D eigenvalue weighted by Crippen LogP contribution is -2.30. The first-order valence-electron chi connectivity index (χ1n) is 29.4. The van der Waals surface area contributed by atoms with Crippen LogP contribution in [0.4, 0.5) is 0 Å². The minimum absolute atomic E-state index is 0.0880. The fourth-order valence-corrected chi connectivity index (χ4v) is 8.00. The highest BCUT2D eigenvalue weighted by Gasteiger charge is 2.19. The number of carbonyl (C=O) groups is 3. The smallest absolute Gasteiger partial charge is 0.306 e. The predicted octanol–water partition coefficient (Wildman–Crippen LogP) is 19.9. The van der Waals surface area contributed by atoms with E-state index in [1.165, 1.54) is 109 Å². The first-order valence-corrected chi connectivity index (χ1v) is 29.4. The quantitative estimate of drug-likeness (QED) is 0.0199. The molecule has 6 nitrogen and oxygen atoms in total. The summed E-state index contributed by atoms with van der Waals surface area (Å²) in [6.07, 6.45) is 79.3. The molecule has 0 saturated heterocycles. The van der Waals surface area contributed by atoms with Crippen molar-refractivity contribution in [1.82, 2.24) is 0 Å². The summed E-state index contributed by atoms with van der Waals surface area (Å²) in [6.45, 7) is 6.28. The Labute approximate surface area is 438 Å². The van der Waals surface area contributed by atoms with Crippen molar-refractivity contribution in [2.45, 2.75) is 271 Å². The number of unbranched alkanes of at least 4 members (excludes halogenated alkanes) is 25. The van der Waals surface area contributed by atoms with Crippen LogP contribution in [0.15, 0.2) is 109 Å². The Bertz CT molecular complexity index is 1460. The first-order chi connectivity index (χ1) is 35.0. The molecule has 0 aromatic heterocycles. The number of ether oxygens (including phenoxy) is 3. The van der Waals surface area contributed by atoms with Gasteiger partial charge in [0.15, 0.2) is 6.10 Å². The second kappa shape index (κ2) is 58.6. The van der Waals surface area contributed by atoms with Crippen LogP contribution in [0, 0.1) is 0 Å². The topological polar surface area (TPSA) is 78.9 Å². The van der Waals surface area contributed by atoms with Crippen molar-refractivity contribution in [3.8, 4) is 0 Å². The van der Waals surface area contributed by atoms with Crippen LogP contribution in [0.3, 0.4) is 0 Å². The molecule has 0 bridgehead atoms. The van der Waals surface area contributed by atoms with Gasteiger partial charge < -0.3 is 14.2 Å². The SMILES string of the molecule is CC\C=C/C=C\C=C/CCCCCCCCCC(=O)OCC(COC(=O)CCCCCCCCCCC/C=C\C/C=C\C/C=C\CC)OC(=O)CCCCCCCCCCC/C=C\C/C=C\C/C=C\CC. The highest BCUT2D eigenvalue weighted by atomic mass is 16.6. The molecule has 6 heteroatoms. The second-order valence-corrected chi connectivity index (χ2v) is 19.2. The van der Waals surface area contributed by atoms with Gasteiger partial charge >= 0.3 is 17.9 Å². The van der Waals surface area contributed by atoms with Gasteiger partial charge in [-0.1, -0.05) is 252 Å². The van der Waals surface area contributed by atoms with E-state index in [4.69, 9.17) is 14.2 Å². The second-order valence-electron chi connectivity index (χ2n) is 19.2. The Kier molecular flexibility index (Phi) is 55.4. The van der Waals surface area contributed by atoms with E-state index in [0.717, 1.165) is 116 Å². The average Bonchev–Trinajstić information content (AvgIpc) is 3.37. The molecule has 0 aliphatic rings. The third kappa shape index (κ3) is 56.9.